The molecule has 1 atom stereocenters. The van der Waals surface area contributed by atoms with Gasteiger partial charge in [0, 0.05) is 0 Å². The number of aliphatic hydroxyl groups excluding tert-OH is 1. The van der Waals surface area contributed by atoms with Crippen molar-refractivity contribution in [3.63, 3.8) is 0 Å². The molecule has 0 radical (unpaired) electrons. The van der Waals surface area contributed by atoms with Gasteiger partial charge in [-0.2, -0.15) is 13.7 Å². The Balaban J connectivity index is 2.29. The Hall–Kier alpha value is -2.36. The first-order valence-electron chi connectivity index (χ1n) is 6.11. The van der Waals surface area contributed by atoms with E-state index in [1.54, 1.807) is 18.2 Å². The zero-order chi connectivity index (χ0) is 15.5. The average molecular weight is 303 g/mol. The zero-order valence-electron chi connectivity index (χ0n) is 11.2. The summed E-state index contributed by atoms with van der Waals surface area (Å²) in [6.07, 6.45) is -1.32. The van der Waals surface area contributed by atoms with Gasteiger partial charge in [-0.3, -0.25) is 0 Å². The van der Waals surface area contributed by atoms with E-state index in [2.05, 4.69) is 0 Å². The van der Waals surface area contributed by atoms with Crippen molar-refractivity contribution in [2.75, 3.05) is 0 Å². The summed E-state index contributed by atoms with van der Waals surface area (Å²) in [6.45, 7) is 1.85. The maximum atomic E-state index is 12.1. The largest absolute Gasteiger partial charge is 0.379 e. The quantitative estimate of drug-likeness (QED) is 0.692. The van der Waals surface area contributed by atoms with Gasteiger partial charge in [0.15, 0.2) is 6.10 Å². The summed E-state index contributed by atoms with van der Waals surface area (Å²) < 4.78 is 29.2. The molecular weight excluding hydrogens is 290 g/mol. The molecule has 2 rings (SSSR count). The standard InChI is InChI=1S/C15H13NO4S/c1-11-5-7-14(8-6-11)21(18,19)20-13-4-2-3-12(9-13)15(17)10-16/h2-9,15,17H,1H3. The predicted octanol–water partition coefficient (Wildman–Crippen LogP) is 2.32. The smallest absolute Gasteiger partial charge is 0.339 e. The van der Waals surface area contributed by atoms with E-state index in [1.807, 2.05) is 6.92 Å². The minimum Gasteiger partial charge on any atom is -0.379 e. The Labute approximate surface area is 123 Å². The van der Waals surface area contributed by atoms with Crippen molar-refractivity contribution in [1.29, 1.82) is 5.26 Å². The number of aryl methyl sites for hydroxylation is 1. The molecule has 0 saturated heterocycles. The van der Waals surface area contributed by atoms with Crippen LogP contribution >= 0.6 is 0 Å². The van der Waals surface area contributed by atoms with Crippen molar-refractivity contribution < 1.29 is 17.7 Å². The second-order valence-electron chi connectivity index (χ2n) is 4.45. The van der Waals surface area contributed by atoms with Crippen LogP contribution in [0.5, 0.6) is 5.75 Å². The first-order valence-corrected chi connectivity index (χ1v) is 7.52. The van der Waals surface area contributed by atoms with Crippen LogP contribution in [-0.2, 0) is 10.1 Å². The molecule has 0 spiro atoms. The Bertz CT molecular complexity index is 776. The molecule has 0 aliphatic rings. The van der Waals surface area contributed by atoms with Gasteiger partial charge in [-0.15, -0.1) is 0 Å². The van der Waals surface area contributed by atoms with Crippen LogP contribution in [0.3, 0.4) is 0 Å². The number of nitriles is 1. The molecule has 0 fully saturated rings. The number of nitrogens with zero attached hydrogens (tertiary/aromatic N) is 1. The number of rotatable bonds is 4. The van der Waals surface area contributed by atoms with E-state index in [1.165, 1.54) is 36.4 Å². The molecule has 1 unspecified atom stereocenters. The highest BCUT2D eigenvalue weighted by Crippen LogP contribution is 2.22. The third-order valence-corrected chi connectivity index (χ3v) is 4.07. The van der Waals surface area contributed by atoms with Crippen LogP contribution in [0.25, 0.3) is 0 Å². The highest BCUT2D eigenvalue weighted by Gasteiger charge is 2.17. The van der Waals surface area contributed by atoms with E-state index >= 15 is 0 Å². The summed E-state index contributed by atoms with van der Waals surface area (Å²) in [5.41, 5.74) is 1.21. The van der Waals surface area contributed by atoms with E-state index in [0.717, 1.165) is 5.56 Å². The van der Waals surface area contributed by atoms with Gasteiger partial charge in [-0.1, -0.05) is 29.8 Å². The summed E-state index contributed by atoms with van der Waals surface area (Å²) >= 11 is 0. The molecule has 108 valence electrons. The summed E-state index contributed by atoms with van der Waals surface area (Å²) in [4.78, 5) is 0.0411. The van der Waals surface area contributed by atoms with Crippen LogP contribution in [-0.4, -0.2) is 13.5 Å². The molecule has 0 heterocycles. The van der Waals surface area contributed by atoms with Crippen LogP contribution in [0, 0.1) is 18.3 Å². The maximum Gasteiger partial charge on any atom is 0.339 e. The molecule has 0 bridgehead atoms. The number of hydrogen-bond donors (Lipinski definition) is 1. The number of benzene rings is 2. The van der Waals surface area contributed by atoms with Crippen LogP contribution in [0.2, 0.25) is 0 Å². The number of aliphatic hydroxyl groups is 1. The van der Waals surface area contributed by atoms with E-state index in [9.17, 15) is 13.5 Å². The topological polar surface area (TPSA) is 87.4 Å². The fraction of sp³-hybridized carbons (Fsp3) is 0.133. The molecule has 0 aromatic heterocycles. The first-order chi connectivity index (χ1) is 9.92. The first kappa shape index (κ1) is 15.0. The molecule has 0 saturated carbocycles. The third kappa shape index (κ3) is 3.60. The van der Waals surface area contributed by atoms with Crippen LogP contribution in [0.4, 0.5) is 0 Å². The Morgan fingerprint density at radius 3 is 2.48 bits per heavy atom. The second kappa shape index (κ2) is 5.95. The van der Waals surface area contributed by atoms with Gasteiger partial charge in [0.1, 0.15) is 10.6 Å². The lowest BCUT2D eigenvalue weighted by molar-refractivity contribution is 0.235. The molecule has 5 nitrogen and oxygen atoms in total. The van der Waals surface area contributed by atoms with Crippen molar-refractivity contribution in [1.82, 2.24) is 0 Å². The van der Waals surface area contributed by atoms with E-state index in [4.69, 9.17) is 9.44 Å². The van der Waals surface area contributed by atoms with Crippen molar-refractivity contribution in [3.05, 3.63) is 59.7 Å². The Morgan fingerprint density at radius 1 is 1.19 bits per heavy atom. The van der Waals surface area contributed by atoms with Crippen molar-refractivity contribution >= 4 is 10.1 Å². The van der Waals surface area contributed by atoms with E-state index < -0.39 is 16.2 Å². The molecule has 1 N–H and O–H groups in total. The van der Waals surface area contributed by atoms with Gasteiger partial charge >= 0.3 is 10.1 Å². The monoisotopic (exact) mass is 303 g/mol. The minimum atomic E-state index is -3.94. The van der Waals surface area contributed by atoms with E-state index in [-0.39, 0.29) is 16.2 Å². The molecule has 2 aromatic rings. The van der Waals surface area contributed by atoms with Crippen LogP contribution in [0.1, 0.15) is 17.2 Å². The van der Waals surface area contributed by atoms with Gasteiger partial charge in [0.05, 0.1) is 6.07 Å². The summed E-state index contributed by atoms with van der Waals surface area (Å²) in [6, 6.07) is 13.7. The van der Waals surface area contributed by atoms with E-state index in [0.29, 0.717) is 0 Å². The Kier molecular flexibility index (Phi) is 4.26. The molecule has 0 amide bonds. The molecule has 2 aromatic carbocycles. The molecule has 0 aliphatic heterocycles. The lowest BCUT2D eigenvalue weighted by Crippen LogP contribution is -2.10. The fourth-order valence-corrected chi connectivity index (χ4v) is 2.61. The van der Waals surface area contributed by atoms with Gasteiger partial charge in [0.25, 0.3) is 0 Å². The Morgan fingerprint density at radius 2 is 1.86 bits per heavy atom. The molecule has 6 heteroatoms. The van der Waals surface area contributed by atoms with Crippen molar-refractivity contribution in [3.8, 4) is 11.8 Å². The van der Waals surface area contributed by atoms with Gasteiger partial charge in [-0.25, -0.2) is 0 Å². The maximum absolute atomic E-state index is 12.1. The zero-order valence-corrected chi connectivity index (χ0v) is 12.0. The number of hydrogen-bond acceptors (Lipinski definition) is 5. The van der Waals surface area contributed by atoms with Crippen molar-refractivity contribution in [2.45, 2.75) is 17.9 Å². The summed E-state index contributed by atoms with van der Waals surface area (Å²) in [5, 5.41) is 18.1. The normalized spacial score (nSPS) is 12.4. The average Bonchev–Trinajstić information content (AvgIpc) is 2.46. The van der Waals surface area contributed by atoms with Gasteiger partial charge in [-0.05, 0) is 36.8 Å². The molecule has 21 heavy (non-hydrogen) atoms. The van der Waals surface area contributed by atoms with Crippen LogP contribution in [0.15, 0.2) is 53.4 Å². The second-order valence-corrected chi connectivity index (χ2v) is 6.00. The third-order valence-electron chi connectivity index (χ3n) is 2.81. The predicted molar refractivity (Wildman–Crippen MR) is 76.0 cm³/mol. The highest BCUT2D eigenvalue weighted by atomic mass is 32.2. The summed E-state index contributed by atoms with van der Waals surface area (Å²) in [7, 11) is -3.94. The highest BCUT2D eigenvalue weighted by molar-refractivity contribution is 7.87. The lowest BCUT2D eigenvalue weighted by atomic mass is 10.1. The van der Waals surface area contributed by atoms with Crippen molar-refractivity contribution in [2.24, 2.45) is 0 Å². The van der Waals surface area contributed by atoms with Crippen LogP contribution < -0.4 is 4.18 Å². The fourth-order valence-electron chi connectivity index (χ4n) is 1.69. The molecular formula is C15H13NO4S. The lowest BCUT2D eigenvalue weighted by Gasteiger charge is -2.09. The molecule has 0 aliphatic carbocycles. The minimum absolute atomic E-state index is 0.0411. The summed E-state index contributed by atoms with van der Waals surface area (Å²) in [5.74, 6) is 0.0439. The van der Waals surface area contributed by atoms with Gasteiger partial charge < -0.3 is 9.29 Å². The van der Waals surface area contributed by atoms with Gasteiger partial charge in [0.2, 0.25) is 0 Å². The SMILES string of the molecule is Cc1ccc(S(=O)(=O)Oc2cccc(C(O)C#N)c2)cc1.